The molecular formula is C19H21NO4. The highest BCUT2D eigenvalue weighted by molar-refractivity contribution is 5.82. The number of aryl methyl sites for hydroxylation is 3. The van der Waals surface area contributed by atoms with Crippen LogP contribution in [0.25, 0.3) is 0 Å². The average Bonchev–Trinajstić information content (AvgIpc) is 2.61. The molecular weight excluding hydrogens is 306 g/mol. The molecule has 0 atom stereocenters. The number of benzene rings is 1. The summed E-state index contributed by atoms with van der Waals surface area (Å²) in [6.45, 7) is 1.67. The number of carbonyl (C=O) groups excluding carboxylic acids is 2. The van der Waals surface area contributed by atoms with E-state index in [2.05, 4.69) is 4.98 Å². The van der Waals surface area contributed by atoms with E-state index in [0.29, 0.717) is 36.8 Å². The molecule has 0 saturated carbocycles. The Morgan fingerprint density at radius 2 is 1.83 bits per heavy atom. The van der Waals surface area contributed by atoms with E-state index in [9.17, 15) is 14.7 Å². The fraction of sp³-hybridized carbons (Fsp3) is 0.316. The van der Waals surface area contributed by atoms with Crippen LogP contribution in [0.3, 0.4) is 0 Å². The first kappa shape index (κ1) is 17.7. The zero-order valence-electron chi connectivity index (χ0n) is 13.9. The van der Waals surface area contributed by atoms with Crippen molar-refractivity contribution in [3.05, 3.63) is 52.3 Å². The van der Waals surface area contributed by atoms with Gasteiger partial charge < -0.3 is 14.6 Å². The molecule has 0 unspecified atom stereocenters. The topological polar surface area (TPSA) is 76.5 Å². The van der Waals surface area contributed by atoms with Crippen molar-refractivity contribution in [3.63, 3.8) is 0 Å². The zero-order valence-corrected chi connectivity index (χ0v) is 13.9. The number of methoxy groups -OCH3 is 1. The molecule has 5 nitrogen and oxygen atoms in total. The summed E-state index contributed by atoms with van der Waals surface area (Å²) in [7, 11) is 1.62. The number of nitrogens with zero attached hydrogens (tertiary/aromatic N) is 1. The second-order valence-electron chi connectivity index (χ2n) is 5.56. The lowest BCUT2D eigenvalue weighted by molar-refractivity contribution is -0.107. The molecule has 2 aromatic rings. The monoisotopic (exact) mass is 327 g/mol. The smallest absolute Gasteiger partial charge is 0.154 e. The van der Waals surface area contributed by atoms with Gasteiger partial charge in [0.15, 0.2) is 6.29 Å². The Morgan fingerprint density at radius 1 is 1.12 bits per heavy atom. The average molecular weight is 327 g/mol. The minimum atomic E-state index is -0.0981. The van der Waals surface area contributed by atoms with E-state index in [1.807, 2.05) is 24.3 Å². The molecule has 0 aliphatic heterocycles. The van der Waals surface area contributed by atoms with Gasteiger partial charge in [-0.1, -0.05) is 12.1 Å². The van der Waals surface area contributed by atoms with Gasteiger partial charge in [0.2, 0.25) is 0 Å². The maximum atomic E-state index is 11.4. The second-order valence-corrected chi connectivity index (χ2v) is 5.56. The largest absolute Gasteiger partial charge is 0.505 e. The van der Waals surface area contributed by atoms with E-state index < -0.39 is 0 Å². The van der Waals surface area contributed by atoms with Crippen LogP contribution in [0.5, 0.6) is 11.5 Å². The summed E-state index contributed by atoms with van der Waals surface area (Å²) in [5.74, 6) is 0.700. The molecule has 1 aromatic heterocycles. The van der Waals surface area contributed by atoms with Gasteiger partial charge in [-0.15, -0.1) is 0 Å². The van der Waals surface area contributed by atoms with Gasteiger partial charge in [-0.3, -0.25) is 9.78 Å². The molecule has 0 fully saturated rings. The van der Waals surface area contributed by atoms with Crippen LogP contribution in [0.15, 0.2) is 24.3 Å². The van der Waals surface area contributed by atoms with Crippen molar-refractivity contribution >= 4 is 12.6 Å². The summed E-state index contributed by atoms with van der Waals surface area (Å²) in [5.41, 5.74) is 3.21. The summed E-state index contributed by atoms with van der Waals surface area (Å²) in [4.78, 5) is 26.5. The minimum Gasteiger partial charge on any atom is -0.505 e. The van der Waals surface area contributed by atoms with Crippen molar-refractivity contribution in [3.8, 4) is 11.5 Å². The fourth-order valence-electron chi connectivity index (χ4n) is 2.69. The molecule has 2 rings (SSSR count). The number of pyridine rings is 1. The molecule has 24 heavy (non-hydrogen) atoms. The third-order valence-electron chi connectivity index (χ3n) is 4.01. The van der Waals surface area contributed by atoms with Crippen LogP contribution in [0.2, 0.25) is 0 Å². The maximum Gasteiger partial charge on any atom is 0.154 e. The van der Waals surface area contributed by atoms with Crippen LogP contribution in [-0.2, 0) is 24.1 Å². The summed E-state index contributed by atoms with van der Waals surface area (Å²) < 4.78 is 5.14. The molecule has 0 amide bonds. The van der Waals surface area contributed by atoms with Gasteiger partial charge in [-0.2, -0.15) is 0 Å². The Balaban J connectivity index is 2.28. The maximum absolute atomic E-state index is 11.4. The number of aldehydes is 2. The lowest BCUT2D eigenvalue weighted by Crippen LogP contribution is -2.07. The van der Waals surface area contributed by atoms with Crippen LogP contribution in [0, 0.1) is 6.92 Å². The summed E-state index contributed by atoms with van der Waals surface area (Å²) in [6.07, 6.45) is 3.51. The third kappa shape index (κ3) is 3.98. The van der Waals surface area contributed by atoms with Crippen molar-refractivity contribution in [1.29, 1.82) is 0 Å². The first-order valence-electron chi connectivity index (χ1n) is 7.83. The van der Waals surface area contributed by atoms with Crippen LogP contribution in [-0.4, -0.2) is 29.8 Å². The second kappa shape index (κ2) is 8.24. The summed E-state index contributed by atoms with van der Waals surface area (Å²) >= 11 is 0. The van der Waals surface area contributed by atoms with Gasteiger partial charge in [0.25, 0.3) is 0 Å². The molecule has 1 N–H and O–H groups in total. The number of rotatable bonds is 8. The van der Waals surface area contributed by atoms with Crippen molar-refractivity contribution in [2.24, 2.45) is 0 Å². The highest BCUT2D eigenvalue weighted by Crippen LogP contribution is 2.27. The normalized spacial score (nSPS) is 10.4. The predicted octanol–water partition coefficient (Wildman–Crippen LogP) is 2.83. The SMILES string of the molecule is COc1ccc(CCc2nc(C)c(O)c(C=O)c2CCC=O)cc1. The number of hydrogen-bond acceptors (Lipinski definition) is 5. The van der Waals surface area contributed by atoms with E-state index in [-0.39, 0.29) is 11.3 Å². The summed E-state index contributed by atoms with van der Waals surface area (Å²) in [5, 5.41) is 10.0. The van der Waals surface area contributed by atoms with Crippen LogP contribution < -0.4 is 4.74 Å². The Morgan fingerprint density at radius 3 is 2.42 bits per heavy atom. The fourth-order valence-corrected chi connectivity index (χ4v) is 2.69. The van der Waals surface area contributed by atoms with E-state index in [0.717, 1.165) is 29.7 Å². The number of aromatic hydroxyl groups is 1. The molecule has 0 aliphatic carbocycles. The zero-order chi connectivity index (χ0) is 17.5. The summed E-state index contributed by atoms with van der Waals surface area (Å²) in [6, 6.07) is 7.76. The number of hydrogen-bond donors (Lipinski definition) is 1. The quantitative estimate of drug-likeness (QED) is 0.755. The highest BCUT2D eigenvalue weighted by Gasteiger charge is 2.16. The third-order valence-corrected chi connectivity index (χ3v) is 4.01. The van der Waals surface area contributed by atoms with E-state index in [1.165, 1.54) is 0 Å². The van der Waals surface area contributed by atoms with E-state index in [4.69, 9.17) is 4.74 Å². The highest BCUT2D eigenvalue weighted by atomic mass is 16.5. The molecule has 0 aliphatic rings. The van der Waals surface area contributed by atoms with Crippen LogP contribution in [0.1, 0.15) is 39.3 Å². The molecule has 0 bridgehead atoms. The van der Waals surface area contributed by atoms with Gasteiger partial charge in [0, 0.05) is 12.1 Å². The van der Waals surface area contributed by atoms with Crippen molar-refractivity contribution < 1.29 is 19.4 Å². The first-order valence-corrected chi connectivity index (χ1v) is 7.83. The Kier molecular flexibility index (Phi) is 6.07. The van der Waals surface area contributed by atoms with Gasteiger partial charge >= 0.3 is 0 Å². The molecule has 0 saturated heterocycles. The number of ether oxygens (including phenoxy) is 1. The predicted molar refractivity (Wildman–Crippen MR) is 90.8 cm³/mol. The molecule has 5 heteroatoms. The molecule has 0 radical (unpaired) electrons. The molecule has 1 aromatic carbocycles. The lowest BCUT2D eigenvalue weighted by atomic mass is 9.96. The van der Waals surface area contributed by atoms with Gasteiger partial charge in [-0.25, -0.2) is 0 Å². The first-order chi connectivity index (χ1) is 11.6. The van der Waals surface area contributed by atoms with E-state index in [1.54, 1.807) is 14.0 Å². The Hall–Kier alpha value is -2.69. The van der Waals surface area contributed by atoms with Gasteiger partial charge in [-0.05, 0) is 49.4 Å². The minimum absolute atomic E-state index is 0.0981. The van der Waals surface area contributed by atoms with Gasteiger partial charge in [0.1, 0.15) is 17.8 Å². The van der Waals surface area contributed by atoms with E-state index >= 15 is 0 Å². The number of carbonyl (C=O) groups is 2. The lowest BCUT2D eigenvalue weighted by Gasteiger charge is -2.14. The van der Waals surface area contributed by atoms with Crippen molar-refractivity contribution in [2.75, 3.05) is 7.11 Å². The molecule has 1 heterocycles. The van der Waals surface area contributed by atoms with Crippen LogP contribution >= 0.6 is 0 Å². The Labute approximate surface area is 141 Å². The van der Waals surface area contributed by atoms with Gasteiger partial charge in [0.05, 0.1) is 18.4 Å². The Bertz CT molecular complexity index is 723. The van der Waals surface area contributed by atoms with Crippen molar-refractivity contribution in [2.45, 2.75) is 32.6 Å². The molecule has 0 spiro atoms. The standard InChI is InChI=1S/C19H21NO4/c1-13-19(23)17(12-22)16(4-3-11-21)18(20-13)10-7-14-5-8-15(24-2)9-6-14/h5-6,8-9,11-12,23H,3-4,7,10H2,1-2H3. The van der Waals surface area contributed by atoms with Crippen molar-refractivity contribution in [1.82, 2.24) is 4.98 Å². The van der Waals surface area contributed by atoms with Crippen LogP contribution in [0.4, 0.5) is 0 Å². The molecule has 126 valence electrons. The number of aromatic nitrogens is 1.